The Labute approximate surface area is 132 Å². The van der Waals surface area contributed by atoms with Gasteiger partial charge < -0.3 is 5.32 Å². The molecular formula is C16H15Cl2F2N. The van der Waals surface area contributed by atoms with Gasteiger partial charge in [-0.1, -0.05) is 48.3 Å². The lowest BCUT2D eigenvalue weighted by Crippen LogP contribution is -2.24. The molecule has 1 unspecified atom stereocenters. The molecule has 0 amide bonds. The van der Waals surface area contributed by atoms with Gasteiger partial charge in [-0.25, -0.2) is 8.78 Å². The average molecular weight is 330 g/mol. The van der Waals surface area contributed by atoms with Crippen molar-refractivity contribution in [2.45, 2.75) is 19.4 Å². The van der Waals surface area contributed by atoms with E-state index in [1.54, 1.807) is 24.3 Å². The highest BCUT2D eigenvalue weighted by atomic mass is 35.5. The molecule has 2 aromatic rings. The van der Waals surface area contributed by atoms with Gasteiger partial charge in [0.1, 0.15) is 0 Å². The number of hydrogen-bond donors (Lipinski definition) is 1. The molecular weight excluding hydrogens is 315 g/mol. The van der Waals surface area contributed by atoms with E-state index < -0.39 is 17.7 Å². The topological polar surface area (TPSA) is 12.0 Å². The maximum absolute atomic E-state index is 14.0. The Morgan fingerprint density at radius 3 is 2.29 bits per heavy atom. The van der Waals surface area contributed by atoms with Crippen molar-refractivity contribution in [3.63, 3.8) is 0 Å². The Bertz CT molecular complexity index is 611. The molecule has 1 N–H and O–H groups in total. The van der Waals surface area contributed by atoms with Gasteiger partial charge in [0.2, 0.25) is 0 Å². The van der Waals surface area contributed by atoms with E-state index in [1.165, 1.54) is 6.07 Å². The third-order valence-corrected chi connectivity index (χ3v) is 3.99. The normalized spacial score (nSPS) is 12.4. The zero-order valence-corrected chi connectivity index (χ0v) is 13.0. The molecule has 0 fully saturated rings. The van der Waals surface area contributed by atoms with Crippen molar-refractivity contribution in [1.82, 2.24) is 5.32 Å². The molecule has 0 saturated heterocycles. The molecule has 0 saturated carbocycles. The van der Waals surface area contributed by atoms with Gasteiger partial charge in [0.05, 0.1) is 0 Å². The molecule has 0 radical (unpaired) electrons. The first-order chi connectivity index (χ1) is 10.0. The van der Waals surface area contributed by atoms with Crippen LogP contribution in [0.2, 0.25) is 10.0 Å². The predicted molar refractivity (Wildman–Crippen MR) is 82.9 cm³/mol. The fourth-order valence-electron chi connectivity index (χ4n) is 2.26. The van der Waals surface area contributed by atoms with Crippen molar-refractivity contribution in [1.29, 1.82) is 0 Å². The van der Waals surface area contributed by atoms with E-state index in [0.717, 1.165) is 11.6 Å². The summed E-state index contributed by atoms with van der Waals surface area (Å²) in [4.78, 5) is 0. The highest BCUT2D eigenvalue weighted by Crippen LogP contribution is 2.30. The average Bonchev–Trinajstić information content (AvgIpc) is 2.45. The van der Waals surface area contributed by atoms with Crippen LogP contribution in [0.4, 0.5) is 8.78 Å². The summed E-state index contributed by atoms with van der Waals surface area (Å²) < 4.78 is 27.4. The maximum atomic E-state index is 14.0. The molecule has 21 heavy (non-hydrogen) atoms. The van der Waals surface area contributed by atoms with Crippen LogP contribution in [0, 0.1) is 11.6 Å². The molecule has 0 bridgehead atoms. The van der Waals surface area contributed by atoms with Crippen LogP contribution in [0.5, 0.6) is 0 Å². The van der Waals surface area contributed by atoms with Crippen molar-refractivity contribution in [3.05, 3.63) is 69.2 Å². The lowest BCUT2D eigenvalue weighted by molar-refractivity contribution is 0.464. The van der Waals surface area contributed by atoms with Crippen molar-refractivity contribution < 1.29 is 8.78 Å². The minimum atomic E-state index is -0.861. The van der Waals surface area contributed by atoms with E-state index >= 15 is 0 Å². The smallest absolute Gasteiger partial charge is 0.163 e. The van der Waals surface area contributed by atoms with E-state index in [0.29, 0.717) is 23.0 Å². The van der Waals surface area contributed by atoms with Gasteiger partial charge in [0.25, 0.3) is 0 Å². The number of halogens is 4. The zero-order chi connectivity index (χ0) is 15.4. The third-order valence-electron chi connectivity index (χ3n) is 3.28. The van der Waals surface area contributed by atoms with Gasteiger partial charge in [-0.3, -0.25) is 0 Å². The fourth-order valence-corrected chi connectivity index (χ4v) is 2.81. The summed E-state index contributed by atoms with van der Waals surface area (Å²) in [5.74, 6) is -1.70. The standard InChI is InChI=1S/C16H15Cl2F2N/c1-2-21-15(10-5-3-8-14(19)16(10)20)9-11-12(17)6-4-7-13(11)18/h3-8,15,21H,2,9H2,1H3. The minimum absolute atomic E-state index is 0.271. The van der Waals surface area contributed by atoms with Crippen LogP contribution in [-0.4, -0.2) is 6.54 Å². The van der Waals surface area contributed by atoms with Gasteiger partial charge in [-0.05, 0) is 36.7 Å². The van der Waals surface area contributed by atoms with E-state index in [9.17, 15) is 8.78 Å². The number of nitrogens with one attached hydrogen (secondary N) is 1. The number of rotatable bonds is 5. The molecule has 5 heteroatoms. The highest BCUT2D eigenvalue weighted by molar-refractivity contribution is 6.36. The molecule has 0 aliphatic rings. The first-order valence-electron chi connectivity index (χ1n) is 6.64. The summed E-state index contributed by atoms with van der Waals surface area (Å²) in [7, 11) is 0. The second-order valence-electron chi connectivity index (χ2n) is 4.66. The van der Waals surface area contributed by atoms with Crippen LogP contribution >= 0.6 is 23.2 Å². The Hall–Kier alpha value is -1.16. The van der Waals surface area contributed by atoms with Gasteiger partial charge in [-0.2, -0.15) is 0 Å². The van der Waals surface area contributed by atoms with Crippen LogP contribution in [0.1, 0.15) is 24.1 Å². The summed E-state index contributed by atoms with van der Waals surface area (Å²) in [5, 5.41) is 4.18. The summed E-state index contributed by atoms with van der Waals surface area (Å²) in [6.45, 7) is 2.51. The monoisotopic (exact) mass is 329 g/mol. The molecule has 2 rings (SSSR count). The molecule has 0 heterocycles. The van der Waals surface area contributed by atoms with Crippen molar-refractivity contribution in [2.24, 2.45) is 0 Å². The fraction of sp³-hybridized carbons (Fsp3) is 0.250. The van der Waals surface area contributed by atoms with Crippen molar-refractivity contribution in [3.8, 4) is 0 Å². The summed E-state index contributed by atoms with van der Waals surface area (Å²) in [5.41, 5.74) is 0.989. The molecule has 112 valence electrons. The third kappa shape index (κ3) is 3.73. The first-order valence-corrected chi connectivity index (χ1v) is 7.40. The van der Waals surface area contributed by atoms with Crippen molar-refractivity contribution in [2.75, 3.05) is 6.54 Å². The van der Waals surface area contributed by atoms with E-state index in [-0.39, 0.29) is 5.56 Å². The van der Waals surface area contributed by atoms with Crippen LogP contribution in [0.15, 0.2) is 36.4 Å². The molecule has 0 aromatic heterocycles. The predicted octanol–water partition coefficient (Wildman–Crippen LogP) is 5.16. The lowest BCUT2D eigenvalue weighted by atomic mass is 9.98. The van der Waals surface area contributed by atoms with Crippen LogP contribution in [0.25, 0.3) is 0 Å². The molecule has 1 atom stereocenters. The van der Waals surface area contributed by atoms with Crippen LogP contribution < -0.4 is 5.32 Å². The Morgan fingerprint density at radius 1 is 1.05 bits per heavy atom. The van der Waals surface area contributed by atoms with Crippen molar-refractivity contribution >= 4 is 23.2 Å². The summed E-state index contributed by atoms with van der Waals surface area (Å²) >= 11 is 12.3. The van der Waals surface area contributed by atoms with Gasteiger partial charge in [0.15, 0.2) is 11.6 Å². The van der Waals surface area contributed by atoms with E-state index in [1.807, 2.05) is 6.92 Å². The SMILES string of the molecule is CCNC(Cc1c(Cl)cccc1Cl)c1cccc(F)c1F. The van der Waals surface area contributed by atoms with Crippen LogP contribution in [-0.2, 0) is 6.42 Å². The van der Waals surface area contributed by atoms with Crippen LogP contribution in [0.3, 0.4) is 0 Å². The Morgan fingerprint density at radius 2 is 1.67 bits per heavy atom. The van der Waals surface area contributed by atoms with E-state index in [2.05, 4.69) is 5.32 Å². The first kappa shape index (κ1) is 16.2. The van der Waals surface area contributed by atoms with Gasteiger partial charge >= 0.3 is 0 Å². The second-order valence-corrected chi connectivity index (χ2v) is 5.47. The Kier molecular flexibility index (Phi) is 5.57. The van der Waals surface area contributed by atoms with Gasteiger partial charge in [-0.15, -0.1) is 0 Å². The molecule has 1 nitrogen and oxygen atoms in total. The summed E-state index contributed by atoms with van der Waals surface area (Å²) in [6.07, 6.45) is 0.382. The number of benzene rings is 2. The minimum Gasteiger partial charge on any atom is -0.310 e. The Balaban J connectivity index is 2.38. The largest absolute Gasteiger partial charge is 0.310 e. The maximum Gasteiger partial charge on any atom is 0.163 e. The molecule has 0 aliphatic carbocycles. The molecule has 2 aromatic carbocycles. The lowest BCUT2D eigenvalue weighted by Gasteiger charge is -2.20. The quantitative estimate of drug-likeness (QED) is 0.798. The molecule has 0 aliphatic heterocycles. The second kappa shape index (κ2) is 7.21. The van der Waals surface area contributed by atoms with E-state index in [4.69, 9.17) is 23.2 Å². The molecule has 0 spiro atoms. The van der Waals surface area contributed by atoms with Gasteiger partial charge in [0, 0.05) is 21.7 Å². The highest BCUT2D eigenvalue weighted by Gasteiger charge is 2.20. The number of likely N-dealkylation sites (N-methyl/N-ethyl adjacent to an activating group) is 1. The number of hydrogen-bond acceptors (Lipinski definition) is 1. The summed E-state index contributed by atoms with van der Waals surface area (Å²) in [6, 6.07) is 8.97. The zero-order valence-electron chi connectivity index (χ0n) is 11.5.